The smallest absolute Gasteiger partial charge is 0.444 e. The number of halogens is 6. The maximum absolute atomic E-state index is 12.5. The second-order valence-corrected chi connectivity index (χ2v) is 43.3. The molecule has 0 bridgehead atoms. The number of ether oxygens (including phenoxy) is 3. The van der Waals surface area contributed by atoms with E-state index in [1.54, 1.807) is 12.3 Å². The molecule has 3 amide bonds. The van der Waals surface area contributed by atoms with E-state index in [9.17, 15) is 23.6 Å². The van der Waals surface area contributed by atoms with E-state index in [2.05, 4.69) is 187 Å². The fourth-order valence-electron chi connectivity index (χ4n) is 13.7. The summed E-state index contributed by atoms with van der Waals surface area (Å²) in [5, 5.41) is 25.8. The topological polar surface area (TPSA) is 443 Å². The van der Waals surface area contributed by atoms with Gasteiger partial charge in [-0.3, -0.25) is 10.2 Å². The van der Waals surface area contributed by atoms with Crippen molar-refractivity contribution in [3.63, 3.8) is 0 Å². The molecule has 5 aromatic carbocycles. The second kappa shape index (κ2) is 46.6. The number of carbonyl (C=O) groups excluding carboxylic acids is 4. The molecule has 3 aliphatic heterocycles. The van der Waals surface area contributed by atoms with Gasteiger partial charge in [0.15, 0.2) is 16.1 Å². The first-order chi connectivity index (χ1) is 60.8. The van der Waals surface area contributed by atoms with E-state index in [1.807, 2.05) is 209 Å². The molecule has 0 atom stereocenters. The zero-order chi connectivity index (χ0) is 97.2. The first kappa shape index (κ1) is 108. The lowest BCUT2D eigenvalue weighted by atomic mass is 9.49. The van der Waals surface area contributed by atoms with Gasteiger partial charge in [0.2, 0.25) is 17.8 Å². The van der Waals surface area contributed by atoms with Gasteiger partial charge in [0.05, 0.1) is 61.2 Å². The van der Waals surface area contributed by atoms with Crippen LogP contribution in [0.4, 0.5) is 36.6 Å². The predicted molar refractivity (Wildman–Crippen MR) is 540 cm³/mol. The first-order valence-electron chi connectivity index (χ1n) is 43.6. The number of amides is 3. The monoisotopic (exact) mass is 2170 g/mol. The Balaban J connectivity index is 0.000000195. The molecule has 3 aliphatic carbocycles. The number of benzene rings is 5. The van der Waals surface area contributed by atoms with Gasteiger partial charge in [0.1, 0.15) is 22.6 Å². The molecule has 7 heterocycles. The molecule has 40 heteroatoms. The Labute approximate surface area is 817 Å². The molecule has 0 spiro atoms. The summed E-state index contributed by atoms with van der Waals surface area (Å²) in [6.07, 6.45) is 18.0. The zero-order valence-corrected chi connectivity index (χ0v) is 87.2. The van der Waals surface area contributed by atoms with Crippen molar-refractivity contribution in [3.05, 3.63) is 149 Å². The molecule has 4 aromatic heterocycles. The highest BCUT2D eigenvalue weighted by atomic mass is 127. The van der Waals surface area contributed by atoms with Crippen molar-refractivity contribution in [1.82, 2.24) is 55.8 Å². The number of aldehydes is 1. The Bertz CT molecular complexity index is 5120. The number of nitrogens with zero attached hydrogens (tertiary/aromatic N) is 8. The van der Waals surface area contributed by atoms with Crippen LogP contribution >= 0.6 is 86.3 Å². The molecule has 14 N–H and O–H groups in total. The molecule has 0 radical (unpaired) electrons. The van der Waals surface area contributed by atoms with Gasteiger partial charge in [-0.05, 0) is 307 Å². The lowest BCUT2D eigenvalue weighted by Crippen LogP contribution is -2.42. The van der Waals surface area contributed by atoms with Crippen molar-refractivity contribution in [3.8, 4) is 0 Å². The quantitative estimate of drug-likeness (QED) is 0.0116. The zero-order valence-electron chi connectivity index (χ0n) is 78.7. The molecule has 0 unspecified atom stereocenters. The predicted octanol–water partition coefficient (Wildman–Crippen LogP) is 19.1. The summed E-state index contributed by atoms with van der Waals surface area (Å²) in [6.45, 7) is 41.2. The lowest BCUT2D eigenvalue weighted by Gasteiger charge is -2.32. The van der Waals surface area contributed by atoms with Gasteiger partial charge in [0, 0.05) is 123 Å². The number of alkyl carbamates (subject to hydrolysis) is 3. The number of hydrogen-bond acceptors (Lipinski definition) is 26. The highest BCUT2D eigenvalue weighted by Crippen LogP contribution is 2.44. The van der Waals surface area contributed by atoms with Gasteiger partial charge in [-0.25, -0.2) is 58.6 Å². The van der Waals surface area contributed by atoms with E-state index in [0.29, 0.717) is 40.7 Å². The Morgan fingerprint density at radius 3 is 1.11 bits per heavy atom. The van der Waals surface area contributed by atoms with E-state index in [4.69, 9.17) is 64.0 Å². The van der Waals surface area contributed by atoms with Gasteiger partial charge >= 0.3 is 39.4 Å². The second-order valence-electron chi connectivity index (χ2n) is 38.7. The normalized spacial score (nSPS) is 20.7. The number of nitrogens with one attached hydrogen (secondary N) is 6. The minimum atomic E-state index is -0.488. The number of anilines is 3. The fraction of sp³-hybridized carbons (Fsp3) is 0.527. The molecule has 31 nitrogen and oxygen atoms in total. The van der Waals surface area contributed by atoms with Gasteiger partial charge in [-0.15, -0.1) is 0 Å². The Kier molecular flexibility index (Phi) is 38.5. The van der Waals surface area contributed by atoms with Crippen LogP contribution in [-0.2, 0) is 42.1 Å². The van der Waals surface area contributed by atoms with Crippen LogP contribution in [0.25, 0.3) is 43.6 Å². The number of aromatic nitrogens is 8. The third-order valence-electron chi connectivity index (χ3n) is 22.6. The van der Waals surface area contributed by atoms with Crippen molar-refractivity contribution in [2.24, 2.45) is 17.2 Å². The number of hydrogen-bond donors (Lipinski definition) is 10. The average molecular weight is 2180 g/mol. The molecule has 6 fully saturated rings. The van der Waals surface area contributed by atoms with Crippen LogP contribution in [0.3, 0.4) is 0 Å². The van der Waals surface area contributed by atoms with Crippen molar-refractivity contribution in [2.75, 3.05) is 16.4 Å². The molecule has 3 saturated heterocycles. The highest BCUT2D eigenvalue weighted by molar-refractivity contribution is 14.1. The van der Waals surface area contributed by atoms with Crippen molar-refractivity contribution in [1.29, 1.82) is 5.41 Å². The highest BCUT2D eigenvalue weighted by Gasteiger charge is 2.64. The molecule has 3 saturated carbocycles. The standard InChI is InChI=1S/C25H37BN4O4.C19H25BrN4O2.C12H24B2O4.C11H22N2O2.C8H4BrIN2.C8H6BrN3.C7H4BrFO.CH5N3/c1-23(2,3)32-22(31)29-19-11-9-18(10-12-19)28-21-27-15-16-14-17(8-13-20(16)30-21)26-33-24(4,5)25(6,7)34-26;1-19(2,3)26-18(25)23-15-7-5-14(6-8-15)22-17-21-11-12-10-13(20)4-9-16(12)24-17;1-9(2)10(3,4)16-13(15-9)14-17-11(5,6)12(7,8)18-14;1-11(2,3)15-10(14)13-9-6-4-8(12)5-7-9;2*9-6-1-2-7-5(3-6)4-11-8(10)12-7;8-6-1-2-7(9)5(3-6)4-10;2-1(3)4/h8,13-15,18-19H,9-12H2,1-7H3,(H,29,31)(H,27,28,30);4,9-11,14-15H,5-8H2,1-3H3,(H,23,25)(H,21,22,24);1-8H3;8-9H,4-7,12H2,1-3H3,(H,13,14);1-4H;1-4H,(H2,10,11,12);1-4H;(H5,2,3,4). The van der Waals surface area contributed by atoms with Crippen LogP contribution in [0.2, 0.25) is 0 Å². The summed E-state index contributed by atoms with van der Waals surface area (Å²) in [4.78, 5) is 80.0. The van der Waals surface area contributed by atoms with E-state index in [0.717, 1.165) is 143 Å². The number of fused-ring (bicyclic) bond motifs is 4. The average Bonchev–Trinajstić information content (AvgIpc) is 1.60. The largest absolute Gasteiger partial charge is 0.494 e. The first-order valence-corrected chi connectivity index (χ1v) is 47.9. The number of rotatable bonds is 10. The number of nitrogens with two attached hydrogens (primary N) is 4. The fourth-order valence-corrected chi connectivity index (χ4v) is 15.7. The van der Waals surface area contributed by atoms with Crippen LogP contribution in [0, 0.1) is 15.1 Å². The summed E-state index contributed by atoms with van der Waals surface area (Å²) in [5.41, 5.74) is 21.3. The number of guanidine groups is 1. The van der Waals surface area contributed by atoms with Crippen molar-refractivity contribution in [2.45, 2.75) is 309 Å². The van der Waals surface area contributed by atoms with Crippen LogP contribution in [-0.4, -0.2) is 178 Å². The Morgan fingerprint density at radius 1 is 0.450 bits per heavy atom. The Hall–Kier alpha value is -7.90. The summed E-state index contributed by atoms with van der Waals surface area (Å²) in [6, 6.07) is 29.4. The third kappa shape index (κ3) is 34.8. The third-order valence-corrected chi connectivity index (χ3v) is 25.1. The maximum atomic E-state index is 12.5. The van der Waals surface area contributed by atoms with Crippen molar-refractivity contribution >= 4 is 205 Å². The van der Waals surface area contributed by atoms with Gasteiger partial charge in [-0.1, -0.05) is 75.9 Å². The summed E-state index contributed by atoms with van der Waals surface area (Å²) < 4.78 is 69.2. The van der Waals surface area contributed by atoms with Gasteiger partial charge < -0.3 is 91.7 Å². The molecular weight excluding hydrogens is 2050 g/mol. The maximum Gasteiger partial charge on any atom is 0.494 e. The SMILES string of the molecule is Brc1ccc2nc(I)ncc2c1.CC(C)(C)OC(=O)NC1CCC(N)CC1.CC(C)(C)OC(=O)NC1CCC(Nc2ncc3cc(B4OC(C)(C)C(C)(C)O4)ccc3n2)CC1.CC(C)(C)OC(=O)NC1CCC(Nc2ncc3cc(Br)ccc3n2)CC1.CC1(C)OB(B2OC(C)(C)C(C)(C)O2)OC1(C)C.N=C(N)N.Nc1ncc2cc(Br)ccc2n1.O=Cc1cc(Br)ccc1F. The summed E-state index contributed by atoms with van der Waals surface area (Å²) in [7, 11) is -1.36. The summed E-state index contributed by atoms with van der Waals surface area (Å²) in [5.74, 6) is 0.769. The molecule has 131 heavy (non-hydrogen) atoms. The van der Waals surface area contributed by atoms with Crippen LogP contribution in [0.5, 0.6) is 0 Å². The number of nitrogen functional groups attached to an aromatic ring is 1. The van der Waals surface area contributed by atoms with Crippen molar-refractivity contribution < 1.29 is 65.7 Å². The van der Waals surface area contributed by atoms with Gasteiger partial charge in [-0.2, -0.15) is 0 Å². The van der Waals surface area contributed by atoms with E-state index in [1.165, 1.54) is 12.1 Å². The van der Waals surface area contributed by atoms with Crippen LogP contribution in [0.15, 0.2) is 134 Å². The van der Waals surface area contributed by atoms with E-state index >= 15 is 0 Å². The van der Waals surface area contributed by atoms with E-state index < -0.39 is 43.8 Å². The van der Waals surface area contributed by atoms with Crippen LogP contribution < -0.4 is 55.0 Å². The lowest BCUT2D eigenvalue weighted by molar-refractivity contribution is 0.00578. The van der Waals surface area contributed by atoms with E-state index in [-0.39, 0.29) is 87.6 Å². The molecular formula is C91H127B3Br4FIN18O13. The molecule has 6 aliphatic rings. The number of carbonyl (C=O) groups is 4. The van der Waals surface area contributed by atoms with Crippen LogP contribution in [0.1, 0.15) is 233 Å². The minimum Gasteiger partial charge on any atom is -0.444 e. The molecule has 710 valence electrons. The van der Waals surface area contributed by atoms with Gasteiger partial charge in [0.25, 0.3) is 0 Å². The Morgan fingerprint density at radius 2 is 0.748 bits per heavy atom. The minimum absolute atomic E-state index is 0.0781. The molecule has 15 rings (SSSR count). The summed E-state index contributed by atoms with van der Waals surface area (Å²) >= 11 is 15.4. The molecule has 9 aromatic rings.